The number of nitrogens with one attached hydrogen (secondary N) is 1. The first kappa shape index (κ1) is 23.7. The summed E-state index contributed by atoms with van der Waals surface area (Å²) in [5, 5.41) is 2.89. The van der Waals surface area contributed by atoms with Crippen LogP contribution in [0.5, 0.6) is 5.75 Å². The number of nitrogens with zero attached hydrogens (tertiary/aromatic N) is 1. The fourth-order valence-corrected chi connectivity index (χ4v) is 5.77. The molecule has 0 bridgehead atoms. The lowest BCUT2D eigenvalue weighted by molar-refractivity contribution is -0.115. The highest BCUT2D eigenvalue weighted by atomic mass is 32.2. The van der Waals surface area contributed by atoms with E-state index in [1.165, 1.54) is 40.4 Å². The Bertz CT molecular complexity index is 1110. The van der Waals surface area contributed by atoms with Crippen LogP contribution in [0.1, 0.15) is 43.4 Å². The number of carbonyl (C=O) groups excluding carboxylic acids is 1. The molecule has 0 spiro atoms. The number of carbonyl (C=O) groups is 1. The number of rotatable bonds is 7. The predicted molar refractivity (Wildman–Crippen MR) is 127 cm³/mol. The molecular formula is C25H32N2O5S. The second-order valence-corrected chi connectivity index (χ2v) is 10.8. The van der Waals surface area contributed by atoms with E-state index in [0.29, 0.717) is 37.7 Å². The summed E-state index contributed by atoms with van der Waals surface area (Å²) in [6, 6.07) is 10.9. The van der Waals surface area contributed by atoms with E-state index in [1.54, 1.807) is 6.07 Å². The summed E-state index contributed by atoms with van der Waals surface area (Å²) in [6.45, 7) is 5.14. The maximum atomic E-state index is 13.1. The quantitative estimate of drug-likeness (QED) is 0.666. The van der Waals surface area contributed by atoms with Gasteiger partial charge in [-0.15, -0.1) is 0 Å². The minimum Gasteiger partial charge on any atom is -0.489 e. The highest BCUT2D eigenvalue weighted by Gasteiger charge is 2.27. The van der Waals surface area contributed by atoms with Gasteiger partial charge in [0.1, 0.15) is 5.75 Å². The van der Waals surface area contributed by atoms with Crippen molar-refractivity contribution in [1.82, 2.24) is 4.31 Å². The van der Waals surface area contributed by atoms with E-state index in [2.05, 4.69) is 17.4 Å². The first-order chi connectivity index (χ1) is 15.8. The van der Waals surface area contributed by atoms with E-state index >= 15 is 0 Å². The van der Waals surface area contributed by atoms with Crippen molar-refractivity contribution in [2.24, 2.45) is 0 Å². The van der Waals surface area contributed by atoms with E-state index in [4.69, 9.17) is 9.47 Å². The number of amides is 1. The van der Waals surface area contributed by atoms with Gasteiger partial charge in [-0.25, -0.2) is 8.42 Å². The van der Waals surface area contributed by atoms with Crippen LogP contribution in [0.15, 0.2) is 41.3 Å². The molecule has 4 rings (SSSR count). The average Bonchev–Trinajstić information content (AvgIpc) is 2.80. The molecular weight excluding hydrogens is 440 g/mol. The van der Waals surface area contributed by atoms with Crippen molar-refractivity contribution in [2.45, 2.75) is 57.0 Å². The van der Waals surface area contributed by atoms with Gasteiger partial charge >= 0.3 is 0 Å². The summed E-state index contributed by atoms with van der Waals surface area (Å²) < 4.78 is 38.7. The number of aryl methyl sites for hydroxylation is 2. The lowest BCUT2D eigenvalue weighted by atomic mass is 9.90. The Morgan fingerprint density at radius 2 is 1.79 bits per heavy atom. The molecule has 0 atom stereocenters. The molecule has 1 fully saturated rings. The van der Waals surface area contributed by atoms with E-state index in [1.807, 2.05) is 19.9 Å². The number of ether oxygens (including phenoxy) is 2. The van der Waals surface area contributed by atoms with Gasteiger partial charge < -0.3 is 14.8 Å². The summed E-state index contributed by atoms with van der Waals surface area (Å²) in [7, 11) is -3.69. The molecule has 1 saturated heterocycles. The molecule has 2 aromatic rings. The zero-order chi connectivity index (χ0) is 23.4. The normalized spacial score (nSPS) is 16.9. The third kappa shape index (κ3) is 5.75. The maximum absolute atomic E-state index is 13.1. The van der Waals surface area contributed by atoms with Crippen molar-refractivity contribution >= 4 is 21.6 Å². The van der Waals surface area contributed by atoms with E-state index in [9.17, 15) is 13.2 Å². The Morgan fingerprint density at radius 3 is 2.52 bits per heavy atom. The third-order valence-electron chi connectivity index (χ3n) is 5.97. The smallest absolute Gasteiger partial charge is 0.243 e. The lowest BCUT2D eigenvalue weighted by Gasteiger charge is -2.26. The number of hydrogen-bond donors (Lipinski definition) is 1. The lowest BCUT2D eigenvalue weighted by Crippen LogP contribution is -2.40. The standard InChI is InChI=1S/C25H32N2O5S/c1-18(2)32-24-10-9-22(33(29,30)27-11-13-31-14-12-27)17-23(24)26-25(28)16-19-7-8-20-5-3-4-6-21(20)15-19/h7-10,15,17-18H,3-6,11-14,16H2,1-2H3,(H,26,28). The minimum atomic E-state index is -3.69. The van der Waals surface area contributed by atoms with Crippen LogP contribution in [0.3, 0.4) is 0 Å². The van der Waals surface area contributed by atoms with Crippen LogP contribution in [0, 0.1) is 0 Å². The summed E-state index contributed by atoms with van der Waals surface area (Å²) in [5.41, 5.74) is 4.02. The third-order valence-corrected chi connectivity index (χ3v) is 7.87. The largest absolute Gasteiger partial charge is 0.489 e. The van der Waals surface area contributed by atoms with Gasteiger partial charge in [0.25, 0.3) is 0 Å². The Balaban J connectivity index is 1.55. The molecule has 1 aliphatic heterocycles. The van der Waals surface area contributed by atoms with Gasteiger partial charge in [-0.05, 0) is 74.4 Å². The number of fused-ring (bicyclic) bond motifs is 1. The van der Waals surface area contributed by atoms with Crippen LogP contribution in [0.4, 0.5) is 5.69 Å². The van der Waals surface area contributed by atoms with E-state index in [0.717, 1.165) is 18.4 Å². The van der Waals surface area contributed by atoms with Crippen LogP contribution >= 0.6 is 0 Å². The van der Waals surface area contributed by atoms with E-state index < -0.39 is 10.0 Å². The van der Waals surface area contributed by atoms with Gasteiger partial charge in [-0.1, -0.05) is 18.2 Å². The second-order valence-electron chi connectivity index (χ2n) is 8.88. The molecule has 2 aliphatic rings. The highest BCUT2D eigenvalue weighted by Crippen LogP contribution is 2.31. The Morgan fingerprint density at radius 1 is 1.06 bits per heavy atom. The van der Waals surface area contributed by atoms with Crippen LogP contribution in [0.2, 0.25) is 0 Å². The Hall–Kier alpha value is -2.42. The van der Waals surface area contributed by atoms with Crippen molar-refractivity contribution in [3.63, 3.8) is 0 Å². The molecule has 0 saturated carbocycles. The SMILES string of the molecule is CC(C)Oc1ccc(S(=O)(=O)N2CCOCC2)cc1NC(=O)Cc1ccc2c(c1)CCCC2. The van der Waals surface area contributed by atoms with Crippen LogP contribution < -0.4 is 10.1 Å². The summed E-state index contributed by atoms with van der Waals surface area (Å²) >= 11 is 0. The molecule has 1 heterocycles. The first-order valence-electron chi connectivity index (χ1n) is 11.6. The van der Waals surface area contributed by atoms with Gasteiger partial charge in [-0.2, -0.15) is 4.31 Å². The number of benzene rings is 2. The fourth-order valence-electron chi connectivity index (χ4n) is 4.34. The molecule has 8 heteroatoms. The monoisotopic (exact) mass is 472 g/mol. The van der Waals surface area contributed by atoms with Crippen LogP contribution in [-0.2, 0) is 38.8 Å². The number of sulfonamides is 1. The molecule has 2 aromatic carbocycles. The topological polar surface area (TPSA) is 84.9 Å². The second kappa shape index (κ2) is 10.2. The predicted octanol–water partition coefficient (Wildman–Crippen LogP) is 3.55. The molecule has 0 unspecified atom stereocenters. The summed E-state index contributed by atoms with van der Waals surface area (Å²) in [4.78, 5) is 13.0. The van der Waals surface area contributed by atoms with Gasteiger partial charge in [0.2, 0.25) is 15.9 Å². The zero-order valence-electron chi connectivity index (χ0n) is 19.3. The van der Waals surface area contributed by atoms with Gasteiger partial charge in [0.05, 0.1) is 36.3 Å². The molecule has 33 heavy (non-hydrogen) atoms. The minimum absolute atomic E-state index is 0.122. The number of hydrogen-bond acceptors (Lipinski definition) is 5. The molecule has 0 aromatic heterocycles. The molecule has 1 amide bonds. The van der Waals surface area contributed by atoms with Crippen molar-refractivity contribution < 1.29 is 22.7 Å². The van der Waals surface area contributed by atoms with E-state index in [-0.39, 0.29) is 23.3 Å². The summed E-state index contributed by atoms with van der Waals surface area (Å²) in [6.07, 6.45) is 4.65. The zero-order valence-corrected chi connectivity index (χ0v) is 20.1. The van der Waals surface area contributed by atoms with Crippen LogP contribution in [-0.4, -0.2) is 51.0 Å². The number of anilines is 1. The highest BCUT2D eigenvalue weighted by molar-refractivity contribution is 7.89. The first-order valence-corrected chi connectivity index (χ1v) is 13.1. The summed E-state index contributed by atoms with van der Waals surface area (Å²) in [5.74, 6) is 0.241. The van der Waals surface area contributed by atoms with Crippen molar-refractivity contribution in [3.8, 4) is 5.75 Å². The molecule has 7 nitrogen and oxygen atoms in total. The van der Waals surface area contributed by atoms with Crippen molar-refractivity contribution in [2.75, 3.05) is 31.6 Å². The molecule has 0 radical (unpaired) electrons. The van der Waals surface area contributed by atoms with Gasteiger partial charge in [0.15, 0.2) is 0 Å². The fraction of sp³-hybridized carbons (Fsp3) is 0.480. The Kier molecular flexibility index (Phi) is 7.36. The molecule has 1 N–H and O–H groups in total. The molecule has 178 valence electrons. The van der Waals surface area contributed by atoms with Gasteiger partial charge in [-0.3, -0.25) is 4.79 Å². The Labute approximate surface area is 196 Å². The van der Waals surface area contributed by atoms with Crippen molar-refractivity contribution in [1.29, 1.82) is 0 Å². The number of morpholine rings is 1. The average molecular weight is 473 g/mol. The maximum Gasteiger partial charge on any atom is 0.243 e. The van der Waals surface area contributed by atoms with Crippen molar-refractivity contribution in [3.05, 3.63) is 53.1 Å². The molecule has 1 aliphatic carbocycles. The van der Waals surface area contributed by atoms with Gasteiger partial charge in [0, 0.05) is 13.1 Å². The van der Waals surface area contributed by atoms with Crippen LogP contribution in [0.25, 0.3) is 0 Å².